The van der Waals surface area contributed by atoms with Crippen molar-refractivity contribution < 1.29 is 9.15 Å². The first kappa shape index (κ1) is 14.2. The van der Waals surface area contributed by atoms with E-state index >= 15 is 0 Å². The normalized spacial score (nSPS) is 12.4. The van der Waals surface area contributed by atoms with Gasteiger partial charge in [-0.3, -0.25) is 0 Å². The van der Waals surface area contributed by atoms with Crippen LogP contribution >= 0.6 is 15.9 Å². The highest BCUT2D eigenvalue weighted by Crippen LogP contribution is 2.31. The molecule has 1 unspecified atom stereocenters. The molecule has 1 N–H and O–H groups in total. The predicted octanol–water partition coefficient (Wildman–Crippen LogP) is 4.14. The average molecular weight is 324 g/mol. The Bertz CT molecular complexity index is 524. The third-order valence-corrected chi connectivity index (χ3v) is 3.35. The van der Waals surface area contributed by atoms with E-state index in [2.05, 4.69) is 34.2 Å². The first-order chi connectivity index (χ1) is 9.26. The fourth-order valence-electron chi connectivity index (χ4n) is 2.04. The van der Waals surface area contributed by atoms with Gasteiger partial charge in [0.2, 0.25) is 0 Å². The van der Waals surface area contributed by atoms with Gasteiger partial charge in [0.1, 0.15) is 11.5 Å². The van der Waals surface area contributed by atoms with Crippen LogP contribution in [-0.4, -0.2) is 13.7 Å². The Labute approximate surface area is 122 Å². The summed E-state index contributed by atoms with van der Waals surface area (Å²) in [4.78, 5) is 0. The molecule has 4 heteroatoms. The van der Waals surface area contributed by atoms with E-state index in [-0.39, 0.29) is 6.04 Å². The summed E-state index contributed by atoms with van der Waals surface area (Å²) in [6.07, 6.45) is 1.06. The van der Waals surface area contributed by atoms with Gasteiger partial charge in [0, 0.05) is 5.56 Å². The zero-order valence-corrected chi connectivity index (χ0v) is 12.7. The molecular formula is C15H18BrNO2. The Hall–Kier alpha value is -1.26. The molecule has 19 heavy (non-hydrogen) atoms. The van der Waals surface area contributed by atoms with Crippen LogP contribution in [0.15, 0.2) is 45.5 Å². The van der Waals surface area contributed by atoms with E-state index in [0.29, 0.717) is 0 Å². The fourth-order valence-corrected chi connectivity index (χ4v) is 2.36. The minimum atomic E-state index is 0.00222. The molecule has 0 spiro atoms. The van der Waals surface area contributed by atoms with Crippen LogP contribution in [0.4, 0.5) is 0 Å². The summed E-state index contributed by atoms with van der Waals surface area (Å²) in [6, 6.07) is 11.9. The quantitative estimate of drug-likeness (QED) is 0.867. The number of hydrogen-bond acceptors (Lipinski definition) is 3. The van der Waals surface area contributed by atoms with Gasteiger partial charge in [0.15, 0.2) is 4.67 Å². The standard InChI is InChI=1S/C15H18BrNO2/c1-3-10-17-15(13-8-9-14(16)19-13)11-6-4-5-7-12(11)18-2/h4-9,15,17H,3,10H2,1-2H3. The number of ether oxygens (including phenoxy) is 1. The van der Waals surface area contributed by atoms with Crippen LogP contribution in [0, 0.1) is 0 Å². The van der Waals surface area contributed by atoms with Crippen molar-refractivity contribution in [1.82, 2.24) is 5.32 Å². The molecule has 1 aromatic heterocycles. The lowest BCUT2D eigenvalue weighted by atomic mass is 10.0. The highest BCUT2D eigenvalue weighted by molar-refractivity contribution is 9.10. The van der Waals surface area contributed by atoms with Crippen LogP contribution in [0.5, 0.6) is 5.75 Å². The third-order valence-electron chi connectivity index (χ3n) is 2.93. The third kappa shape index (κ3) is 3.39. The van der Waals surface area contributed by atoms with Crippen molar-refractivity contribution in [3.8, 4) is 5.75 Å². The zero-order valence-electron chi connectivity index (χ0n) is 11.2. The molecule has 3 nitrogen and oxygen atoms in total. The Morgan fingerprint density at radius 1 is 1.26 bits per heavy atom. The molecule has 0 bridgehead atoms. The molecule has 0 fully saturated rings. The Balaban J connectivity index is 2.36. The second-order valence-corrected chi connectivity index (χ2v) is 5.05. The summed E-state index contributed by atoms with van der Waals surface area (Å²) in [5, 5.41) is 3.50. The van der Waals surface area contributed by atoms with Gasteiger partial charge in [-0.25, -0.2) is 0 Å². The van der Waals surface area contributed by atoms with Crippen LogP contribution in [0.1, 0.15) is 30.7 Å². The average Bonchev–Trinajstić information content (AvgIpc) is 2.86. The Kier molecular flexibility index (Phi) is 5.05. The smallest absolute Gasteiger partial charge is 0.169 e. The van der Waals surface area contributed by atoms with Gasteiger partial charge in [0.05, 0.1) is 13.2 Å². The SMILES string of the molecule is CCCNC(c1ccc(Br)o1)c1ccccc1OC. The second kappa shape index (κ2) is 6.78. The molecule has 102 valence electrons. The topological polar surface area (TPSA) is 34.4 Å². The molecule has 0 aliphatic rings. The van der Waals surface area contributed by atoms with E-state index in [1.807, 2.05) is 30.3 Å². The number of hydrogen-bond donors (Lipinski definition) is 1. The van der Waals surface area contributed by atoms with Gasteiger partial charge >= 0.3 is 0 Å². The first-order valence-electron chi connectivity index (χ1n) is 6.37. The van der Waals surface area contributed by atoms with E-state index in [1.54, 1.807) is 7.11 Å². The predicted molar refractivity (Wildman–Crippen MR) is 79.5 cm³/mol. The van der Waals surface area contributed by atoms with Crippen LogP contribution in [0.3, 0.4) is 0 Å². The Morgan fingerprint density at radius 2 is 2.05 bits per heavy atom. The van der Waals surface area contributed by atoms with Crippen molar-refractivity contribution in [3.63, 3.8) is 0 Å². The maximum atomic E-state index is 5.70. The molecule has 0 saturated heterocycles. The van der Waals surface area contributed by atoms with E-state index in [9.17, 15) is 0 Å². The lowest BCUT2D eigenvalue weighted by Gasteiger charge is -2.19. The number of methoxy groups -OCH3 is 1. The first-order valence-corrected chi connectivity index (χ1v) is 7.17. The van der Waals surface area contributed by atoms with E-state index in [1.165, 1.54) is 0 Å². The van der Waals surface area contributed by atoms with Crippen molar-refractivity contribution in [2.45, 2.75) is 19.4 Å². The van der Waals surface area contributed by atoms with Crippen molar-refractivity contribution in [2.75, 3.05) is 13.7 Å². The van der Waals surface area contributed by atoms with Gasteiger partial charge in [-0.2, -0.15) is 0 Å². The van der Waals surface area contributed by atoms with Gasteiger partial charge in [-0.05, 0) is 47.1 Å². The van der Waals surface area contributed by atoms with Gasteiger partial charge < -0.3 is 14.5 Å². The highest BCUT2D eigenvalue weighted by Gasteiger charge is 2.20. The molecule has 0 radical (unpaired) electrons. The molecule has 2 aromatic rings. The molecule has 0 amide bonds. The van der Waals surface area contributed by atoms with Crippen molar-refractivity contribution in [1.29, 1.82) is 0 Å². The van der Waals surface area contributed by atoms with Crippen molar-refractivity contribution >= 4 is 15.9 Å². The minimum absolute atomic E-state index is 0.00222. The Morgan fingerprint density at radius 3 is 2.68 bits per heavy atom. The fraction of sp³-hybridized carbons (Fsp3) is 0.333. The molecular weight excluding hydrogens is 306 g/mol. The number of benzene rings is 1. The van der Waals surface area contributed by atoms with Crippen molar-refractivity contribution in [3.05, 3.63) is 52.4 Å². The second-order valence-electron chi connectivity index (χ2n) is 4.27. The summed E-state index contributed by atoms with van der Waals surface area (Å²) in [6.45, 7) is 3.06. The highest BCUT2D eigenvalue weighted by atomic mass is 79.9. The summed E-state index contributed by atoms with van der Waals surface area (Å²) in [5.41, 5.74) is 1.08. The van der Waals surface area contributed by atoms with Crippen LogP contribution in [-0.2, 0) is 0 Å². The summed E-state index contributed by atoms with van der Waals surface area (Å²) in [7, 11) is 1.69. The van der Waals surface area contributed by atoms with Crippen molar-refractivity contribution in [2.24, 2.45) is 0 Å². The monoisotopic (exact) mass is 323 g/mol. The number of nitrogens with one attached hydrogen (secondary N) is 1. The van der Waals surface area contributed by atoms with Gasteiger partial charge in [0.25, 0.3) is 0 Å². The minimum Gasteiger partial charge on any atom is -0.496 e. The molecule has 2 rings (SSSR count). The molecule has 0 aliphatic heterocycles. The summed E-state index contributed by atoms with van der Waals surface area (Å²) >= 11 is 3.35. The summed E-state index contributed by atoms with van der Waals surface area (Å²) in [5.74, 6) is 1.74. The van der Waals surface area contributed by atoms with Gasteiger partial charge in [-0.15, -0.1) is 0 Å². The number of para-hydroxylation sites is 1. The van der Waals surface area contributed by atoms with Crippen LogP contribution in [0.2, 0.25) is 0 Å². The van der Waals surface area contributed by atoms with E-state index < -0.39 is 0 Å². The largest absolute Gasteiger partial charge is 0.496 e. The maximum absolute atomic E-state index is 5.70. The zero-order chi connectivity index (χ0) is 13.7. The van der Waals surface area contributed by atoms with E-state index in [0.717, 1.165) is 34.7 Å². The van der Waals surface area contributed by atoms with Crippen LogP contribution < -0.4 is 10.1 Å². The molecule has 0 saturated carbocycles. The molecule has 1 aromatic carbocycles. The number of furan rings is 1. The number of rotatable bonds is 6. The molecule has 1 heterocycles. The maximum Gasteiger partial charge on any atom is 0.169 e. The lowest BCUT2D eigenvalue weighted by Crippen LogP contribution is -2.23. The summed E-state index contributed by atoms with van der Waals surface area (Å²) < 4.78 is 11.9. The van der Waals surface area contributed by atoms with Crippen LogP contribution in [0.25, 0.3) is 0 Å². The van der Waals surface area contributed by atoms with Gasteiger partial charge in [-0.1, -0.05) is 25.1 Å². The number of halogens is 1. The van der Waals surface area contributed by atoms with E-state index in [4.69, 9.17) is 9.15 Å². The lowest BCUT2D eigenvalue weighted by molar-refractivity contribution is 0.389. The molecule has 1 atom stereocenters. The molecule has 0 aliphatic carbocycles.